The zero-order chi connectivity index (χ0) is 10.1. The maximum Gasteiger partial charge on any atom is 0.231 e. The molecular weight excluding hydrogens is 162 g/mol. The van der Waals surface area contributed by atoms with Gasteiger partial charge in [0.25, 0.3) is 0 Å². The van der Waals surface area contributed by atoms with E-state index in [1.54, 1.807) is 0 Å². The monoisotopic (exact) mass is 173 g/mol. The lowest BCUT2D eigenvalue weighted by molar-refractivity contribution is 0.563. The highest BCUT2D eigenvalue weighted by atomic mass is 16.1. The van der Waals surface area contributed by atoms with E-state index in [-0.39, 0.29) is 0 Å². The van der Waals surface area contributed by atoms with Crippen LogP contribution in [0.25, 0.3) is 12.2 Å². The fraction of sp³-hybridized carbons (Fsp3) is 0. The first-order valence-electron chi connectivity index (χ1n) is 3.67. The summed E-state index contributed by atoms with van der Waals surface area (Å²) in [6.45, 7) is 7.32. The normalized spacial score (nSPS) is 7.38. The van der Waals surface area contributed by atoms with Crippen molar-refractivity contribution in [1.29, 1.82) is 5.41 Å². The molecular formula is C11H11NO. The minimum Gasteiger partial charge on any atom is -0.222 e. The van der Waals surface area contributed by atoms with Crippen molar-refractivity contribution in [3.63, 3.8) is 0 Å². The van der Waals surface area contributed by atoms with Gasteiger partial charge < -0.3 is 0 Å². The van der Waals surface area contributed by atoms with Crippen LogP contribution in [0.1, 0.15) is 11.1 Å². The van der Waals surface area contributed by atoms with Crippen LogP contribution in [-0.4, -0.2) is 6.08 Å². The molecule has 2 nitrogen and oxygen atoms in total. The Kier molecular flexibility index (Phi) is 5.77. The fourth-order valence-corrected chi connectivity index (χ4v) is 0.768. The van der Waals surface area contributed by atoms with Crippen molar-refractivity contribution < 1.29 is 4.79 Å². The second-order valence-electron chi connectivity index (χ2n) is 2.18. The Balaban J connectivity index is 0.000000424. The van der Waals surface area contributed by atoms with Gasteiger partial charge in [-0.15, -0.1) is 0 Å². The van der Waals surface area contributed by atoms with Gasteiger partial charge in [0.2, 0.25) is 6.08 Å². The summed E-state index contributed by atoms with van der Waals surface area (Å²) < 4.78 is 0. The summed E-state index contributed by atoms with van der Waals surface area (Å²) in [7, 11) is 0. The molecule has 0 heterocycles. The van der Waals surface area contributed by atoms with Crippen LogP contribution in [0.3, 0.4) is 0 Å². The highest BCUT2D eigenvalue weighted by Gasteiger charge is 1.84. The third kappa shape index (κ3) is 4.51. The molecule has 13 heavy (non-hydrogen) atoms. The van der Waals surface area contributed by atoms with Gasteiger partial charge in [0.1, 0.15) is 0 Å². The van der Waals surface area contributed by atoms with E-state index in [1.165, 1.54) is 0 Å². The second kappa shape index (κ2) is 6.77. The molecule has 0 aliphatic carbocycles. The van der Waals surface area contributed by atoms with Gasteiger partial charge in [-0.3, -0.25) is 0 Å². The van der Waals surface area contributed by atoms with E-state index in [1.807, 2.05) is 36.4 Å². The van der Waals surface area contributed by atoms with Crippen LogP contribution >= 0.6 is 0 Å². The predicted octanol–water partition coefficient (Wildman–Crippen LogP) is 2.87. The van der Waals surface area contributed by atoms with Crippen molar-refractivity contribution in [2.24, 2.45) is 0 Å². The Bertz CT molecular complexity index is 278. The van der Waals surface area contributed by atoms with E-state index in [0.717, 1.165) is 17.2 Å². The van der Waals surface area contributed by atoms with E-state index in [2.05, 4.69) is 13.2 Å². The topological polar surface area (TPSA) is 40.9 Å². The quantitative estimate of drug-likeness (QED) is 0.542. The Morgan fingerprint density at radius 2 is 1.31 bits per heavy atom. The van der Waals surface area contributed by atoms with E-state index in [9.17, 15) is 0 Å². The molecule has 1 rings (SSSR count). The number of nitrogens with one attached hydrogen (secondary N) is 1. The summed E-state index contributed by atoms with van der Waals surface area (Å²) in [5, 5.41) is 5.40. The Morgan fingerprint density at radius 3 is 1.46 bits per heavy atom. The van der Waals surface area contributed by atoms with Gasteiger partial charge in [-0.25, -0.2) is 10.2 Å². The van der Waals surface area contributed by atoms with E-state index in [0.29, 0.717) is 0 Å². The molecule has 66 valence electrons. The van der Waals surface area contributed by atoms with Gasteiger partial charge in [0.15, 0.2) is 0 Å². The highest BCUT2D eigenvalue weighted by Crippen LogP contribution is 2.05. The average molecular weight is 173 g/mol. The molecule has 2 heteroatoms. The van der Waals surface area contributed by atoms with Crippen LogP contribution in [-0.2, 0) is 4.79 Å². The largest absolute Gasteiger partial charge is 0.231 e. The van der Waals surface area contributed by atoms with Crippen LogP contribution < -0.4 is 0 Å². The van der Waals surface area contributed by atoms with Crippen LogP contribution in [0.5, 0.6) is 0 Å². The molecule has 0 saturated heterocycles. The average Bonchev–Trinajstić information content (AvgIpc) is 2.19. The molecule has 0 unspecified atom stereocenters. The van der Waals surface area contributed by atoms with E-state index in [4.69, 9.17) is 10.2 Å². The lowest BCUT2D eigenvalue weighted by Gasteiger charge is -1.92. The lowest BCUT2D eigenvalue weighted by atomic mass is 10.1. The molecule has 0 radical (unpaired) electrons. The number of isocyanates is 1. The van der Waals surface area contributed by atoms with Crippen LogP contribution in [0, 0.1) is 5.41 Å². The molecule has 0 amide bonds. The fourth-order valence-electron chi connectivity index (χ4n) is 0.768. The summed E-state index contributed by atoms with van der Waals surface area (Å²) in [5.74, 6) is 0. The molecule has 0 bridgehead atoms. The maximum atomic E-state index is 8.35. The Hall–Kier alpha value is -1.92. The number of hydrogen-bond donors (Lipinski definition) is 1. The minimum atomic E-state index is 0.750. The standard InChI is InChI=1S/C10H10.CHNO/c1-3-9-5-7-10(4-2)8-6-9;2-1-3/h3-8H,1-2H2;2H. The molecule has 1 N–H and O–H groups in total. The van der Waals surface area contributed by atoms with Crippen molar-refractivity contribution in [3.8, 4) is 0 Å². The summed E-state index contributed by atoms with van der Waals surface area (Å²) >= 11 is 0. The number of benzene rings is 1. The summed E-state index contributed by atoms with van der Waals surface area (Å²) in [6, 6.07) is 8.07. The summed E-state index contributed by atoms with van der Waals surface area (Å²) in [5.41, 5.74) is 2.29. The van der Waals surface area contributed by atoms with Gasteiger partial charge in [-0.1, -0.05) is 49.6 Å². The van der Waals surface area contributed by atoms with Gasteiger partial charge >= 0.3 is 0 Å². The molecule has 1 aromatic carbocycles. The van der Waals surface area contributed by atoms with Crippen LogP contribution in [0.2, 0.25) is 0 Å². The third-order valence-electron chi connectivity index (χ3n) is 1.41. The highest BCUT2D eigenvalue weighted by molar-refractivity contribution is 5.53. The SMILES string of the molecule is C=Cc1ccc(C=C)cc1.N=C=O. The minimum absolute atomic E-state index is 0.750. The molecule has 0 fully saturated rings. The van der Waals surface area contributed by atoms with Crippen molar-refractivity contribution in [1.82, 2.24) is 0 Å². The summed E-state index contributed by atoms with van der Waals surface area (Å²) in [4.78, 5) is 8.35. The first kappa shape index (κ1) is 11.1. The molecule has 0 aromatic heterocycles. The molecule has 0 saturated carbocycles. The number of rotatable bonds is 2. The summed E-state index contributed by atoms with van der Waals surface area (Å²) in [6.07, 6.45) is 4.40. The molecule has 0 spiro atoms. The molecule has 0 aliphatic rings. The zero-order valence-corrected chi connectivity index (χ0v) is 7.29. The predicted molar refractivity (Wildman–Crippen MR) is 55.0 cm³/mol. The van der Waals surface area contributed by atoms with Gasteiger partial charge in [-0.2, -0.15) is 0 Å². The van der Waals surface area contributed by atoms with Crippen LogP contribution in [0.4, 0.5) is 0 Å². The van der Waals surface area contributed by atoms with Crippen molar-refractivity contribution >= 4 is 18.2 Å². The van der Waals surface area contributed by atoms with E-state index >= 15 is 0 Å². The van der Waals surface area contributed by atoms with Gasteiger partial charge in [-0.05, 0) is 11.1 Å². The Labute approximate surface area is 77.7 Å². The van der Waals surface area contributed by atoms with E-state index < -0.39 is 0 Å². The van der Waals surface area contributed by atoms with Crippen molar-refractivity contribution in [2.45, 2.75) is 0 Å². The molecule has 1 aromatic rings. The van der Waals surface area contributed by atoms with Crippen LogP contribution in [0.15, 0.2) is 37.4 Å². The first-order chi connectivity index (χ1) is 6.28. The lowest BCUT2D eigenvalue weighted by Crippen LogP contribution is -1.71. The number of hydrogen-bond acceptors (Lipinski definition) is 2. The zero-order valence-electron chi connectivity index (χ0n) is 7.29. The van der Waals surface area contributed by atoms with Crippen molar-refractivity contribution in [2.75, 3.05) is 0 Å². The van der Waals surface area contributed by atoms with Gasteiger partial charge in [0, 0.05) is 0 Å². The van der Waals surface area contributed by atoms with Crippen molar-refractivity contribution in [3.05, 3.63) is 48.6 Å². The third-order valence-corrected chi connectivity index (χ3v) is 1.41. The maximum absolute atomic E-state index is 8.35. The first-order valence-corrected chi connectivity index (χ1v) is 3.67. The molecule has 0 atom stereocenters. The second-order valence-corrected chi connectivity index (χ2v) is 2.18. The smallest absolute Gasteiger partial charge is 0.222 e. The molecule has 0 aliphatic heterocycles. The Morgan fingerprint density at radius 1 is 1.08 bits per heavy atom. The number of carbonyl (C=O) groups excluding carboxylic acids is 1. The van der Waals surface area contributed by atoms with Gasteiger partial charge in [0.05, 0.1) is 0 Å².